The Bertz CT molecular complexity index is 977. The molecule has 1 heterocycles. The largest absolute Gasteiger partial charge is 0.508 e. The number of ketones is 2. The van der Waals surface area contributed by atoms with E-state index >= 15 is 0 Å². The second-order valence-electron chi connectivity index (χ2n) is 8.41. The fourth-order valence-corrected chi connectivity index (χ4v) is 4.39. The van der Waals surface area contributed by atoms with E-state index in [0.29, 0.717) is 18.4 Å². The number of hydrogen-bond acceptors (Lipinski definition) is 6. The van der Waals surface area contributed by atoms with E-state index in [1.807, 2.05) is 13.8 Å². The van der Waals surface area contributed by atoms with Gasteiger partial charge in [-0.3, -0.25) is 9.59 Å². The van der Waals surface area contributed by atoms with E-state index in [-0.39, 0.29) is 39.7 Å². The Labute approximate surface area is 156 Å². The lowest BCUT2D eigenvalue weighted by Crippen LogP contribution is -2.47. The fourth-order valence-electron chi connectivity index (χ4n) is 4.39. The van der Waals surface area contributed by atoms with Crippen molar-refractivity contribution in [2.45, 2.75) is 51.7 Å². The first kappa shape index (κ1) is 17.8. The first-order valence-corrected chi connectivity index (χ1v) is 8.98. The summed E-state index contributed by atoms with van der Waals surface area (Å²) in [7, 11) is 0. The highest BCUT2D eigenvalue weighted by molar-refractivity contribution is 6.29. The molecule has 3 N–H and O–H groups in total. The summed E-state index contributed by atoms with van der Waals surface area (Å²) in [5.74, 6) is -1.99. The third kappa shape index (κ3) is 2.36. The average molecular weight is 370 g/mol. The van der Waals surface area contributed by atoms with Gasteiger partial charge in [0.25, 0.3) is 0 Å². The van der Waals surface area contributed by atoms with E-state index in [2.05, 4.69) is 0 Å². The molecule has 0 bridgehead atoms. The van der Waals surface area contributed by atoms with Crippen molar-refractivity contribution >= 4 is 11.6 Å². The van der Waals surface area contributed by atoms with Crippen molar-refractivity contribution in [3.05, 3.63) is 45.7 Å². The van der Waals surface area contributed by atoms with Gasteiger partial charge in [-0.05, 0) is 58.3 Å². The number of carbonyl (C=O) groups is 2. The molecule has 2 atom stereocenters. The number of phenolic OH excluding ortho intramolecular Hbond substituents is 2. The van der Waals surface area contributed by atoms with Gasteiger partial charge in [0.05, 0.1) is 16.7 Å². The minimum atomic E-state index is -1.08. The molecular formula is C21H22O6. The van der Waals surface area contributed by atoms with E-state index in [4.69, 9.17) is 4.74 Å². The number of hydrogen-bond donors (Lipinski definition) is 3. The highest BCUT2D eigenvalue weighted by Gasteiger charge is 2.51. The van der Waals surface area contributed by atoms with Gasteiger partial charge in [0.2, 0.25) is 5.78 Å². The summed E-state index contributed by atoms with van der Waals surface area (Å²) in [6.07, 6.45) is 2.78. The van der Waals surface area contributed by atoms with Crippen LogP contribution in [0, 0.1) is 12.8 Å². The predicted molar refractivity (Wildman–Crippen MR) is 96.8 cm³/mol. The fraction of sp³-hybridized carbons (Fsp3) is 0.429. The number of ether oxygens (including phenoxy) is 1. The van der Waals surface area contributed by atoms with Gasteiger partial charge in [-0.2, -0.15) is 0 Å². The number of aliphatic hydroxyl groups is 1. The van der Waals surface area contributed by atoms with Gasteiger partial charge < -0.3 is 20.1 Å². The maximum atomic E-state index is 13.3. The number of Topliss-reactive ketones (excluding diaryl/α,β-unsaturated/α-hetero) is 2. The van der Waals surface area contributed by atoms with Gasteiger partial charge in [-0.25, -0.2) is 0 Å². The van der Waals surface area contributed by atoms with Crippen LogP contribution in [0.15, 0.2) is 29.0 Å². The Hall–Kier alpha value is -2.60. The van der Waals surface area contributed by atoms with Crippen LogP contribution in [-0.2, 0) is 4.74 Å². The zero-order valence-corrected chi connectivity index (χ0v) is 15.7. The lowest BCUT2D eigenvalue weighted by Gasteiger charge is -2.46. The molecule has 27 heavy (non-hydrogen) atoms. The monoisotopic (exact) mass is 370 g/mol. The second kappa shape index (κ2) is 5.23. The topological polar surface area (TPSA) is 104 Å². The lowest BCUT2D eigenvalue weighted by atomic mass is 9.66. The molecule has 1 aliphatic heterocycles. The van der Waals surface area contributed by atoms with Crippen LogP contribution in [0.4, 0.5) is 0 Å². The molecule has 6 nitrogen and oxygen atoms in total. The number of rotatable bonds is 0. The zero-order valence-electron chi connectivity index (χ0n) is 15.7. The molecule has 142 valence electrons. The smallest absolute Gasteiger partial charge is 0.232 e. The third-order valence-electron chi connectivity index (χ3n) is 5.93. The number of phenols is 2. The Kier molecular flexibility index (Phi) is 3.44. The van der Waals surface area contributed by atoms with Crippen molar-refractivity contribution in [3.63, 3.8) is 0 Å². The first-order chi connectivity index (χ1) is 12.4. The molecule has 0 spiro atoms. The lowest BCUT2D eigenvalue weighted by molar-refractivity contribution is -0.0310. The van der Waals surface area contributed by atoms with Gasteiger partial charge in [-0.1, -0.05) is 0 Å². The van der Waals surface area contributed by atoms with Crippen molar-refractivity contribution in [2.24, 2.45) is 5.92 Å². The molecular weight excluding hydrogens is 348 g/mol. The zero-order chi connectivity index (χ0) is 19.9. The normalized spacial score (nSPS) is 28.8. The number of benzene rings is 1. The van der Waals surface area contributed by atoms with Crippen molar-refractivity contribution in [1.82, 2.24) is 0 Å². The van der Waals surface area contributed by atoms with Crippen LogP contribution >= 0.6 is 0 Å². The molecule has 3 aliphatic rings. The summed E-state index contributed by atoms with van der Waals surface area (Å²) >= 11 is 0. The van der Waals surface area contributed by atoms with Crippen LogP contribution in [0.25, 0.3) is 0 Å². The van der Waals surface area contributed by atoms with Gasteiger partial charge in [0.1, 0.15) is 17.1 Å². The number of aromatic hydroxyl groups is 2. The van der Waals surface area contributed by atoms with Crippen LogP contribution in [-0.4, -0.2) is 38.1 Å². The van der Waals surface area contributed by atoms with Crippen molar-refractivity contribution < 1.29 is 29.6 Å². The molecule has 1 aromatic carbocycles. The summed E-state index contributed by atoms with van der Waals surface area (Å²) in [4.78, 5) is 26.4. The standard InChI is InChI=1S/C21H22O6/c1-9-13(22)7-10-14(16(9)23)18(25)19-15(17(10)24)11-8-21(4,26)6-5-12(11)20(2,3)27-19/h7-8,12,22-23,26H,5-6H2,1-4H3. The quantitative estimate of drug-likeness (QED) is 0.649. The minimum Gasteiger partial charge on any atom is -0.508 e. The Balaban J connectivity index is 2.01. The van der Waals surface area contributed by atoms with E-state index in [0.717, 1.165) is 0 Å². The summed E-state index contributed by atoms with van der Waals surface area (Å²) in [6.45, 7) is 6.84. The van der Waals surface area contributed by atoms with Crippen LogP contribution in [0.1, 0.15) is 59.9 Å². The highest BCUT2D eigenvalue weighted by atomic mass is 16.5. The first-order valence-electron chi connectivity index (χ1n) is 8.98. The van der Waals surface area contributed by atoms with E-state index in [9.17, 15) is 24.9 Å². The highest BCUT2D eigenvalue weighted by Crippen LogP contribution is 2.51. The summed E-state index contributed by atoms with van der Waals surface area (Å²) in [6, 6.07) is 1.21. The van der Waals surface area contributed by atoms with Crippen molar-refractivity contribution in [2.75, 3.05) is 0 Å². The molecule has 2 aliphatic carbocycles. The molecule has 2 unspecified atom stereocenters. The van der Waals surface area contributed by atoms with Crippen molar-refractivity contribution in [1.29, 1.82) is 0 Å². The van der Waals surface area contributed by atoms with Gasteiger partial charge >= 0.3 is 0 Å². The number of allylic oxidation sites excluding steroid dienone is 2. The Morgan fingerprint density at radius 2 is 1.81 bits per heavy atom. The molecule has 6 heteroatoms. The van der Waals surface area contributed by atoms with E-state index < -0.39 is 28.5 Å². The molecule has 0 aromatic heterocycles. The van der Waals surface area contributed by atoms with E-state index in [1.165, 1.54) is 13.0 Å². The van der Waals surface area contributed by atoms with Crippen molar-refractivity contribution in [3.8, 4) is 11.5 Å². The van der Waals surface area contributed by atoms with Gasteiger partial charge in [0, 0.05) is 17.0 Å². The minimum absolute atomic E-state index is 0.0486. The summed E-state index contributed by atoms with van der Waals surface area (Å²) < 4.78 is 5.99. The Morgan fingerprint density at radius 3 is 2.48 bits per heavy atom. The average Bonchev–Trinajstić information content (AvgIpc) is 2.55. The SMILES string of the molecule is Cc1c(O)cc2c(c1O)C(=O)C1=C(C2=O)C2=CC(C)(O)CCC2C(C)(C)O1. The van der Waals surface area contributed by atoms with Gasteiger partial charge in [0.15, 0.2) is 11.5 Å². The molecule has 0 fully saturated rings. The van der Waals surface area contributed by atoms with Crippen LogP contribution in [0.2, 0.25) is 0 Å². The van der Waals surface area contributed by atoms with Crippen LogP contribution in [0.5, 0.6) is 11.5 Å². The van der Waals surface area contributed by atoms with Crippen LogP contribution in [0.3, 0.4) is 0 Å². The molecule has 0 radical (unpaired) electrons. The molecule has 0 amide bonds. The maximum absolute atomic E-state index is 13.3. The molecule has 1 aromatic rings. The molecule has 0 saturated carbocycles. The Morgan fingerprint density at radius 1 is 1.15 bits per heavy atom. The predicted octanol–water partition coefficient (Wildman–Crippen LogP) is 2.94. The third-order valence-corrected chi connectivity index (χ3v) is 5.93. The number of fused-ring (bicyclic) bond motifs is 3. The van der Waals surface area contributed by atoms with E-state index in [1.54, 1.807) is 13.0 Å². The molecule has 0 saturated heterocycles. The van der Waals surface area contributed by atoms with Crippen LogP contribution < -0.4 is 0 Å². The maximum Gasteiger partial charge on any atom is 0.232 e. The summed E-state index contributed by atoms with van der Waals surface area (Å²) in [5.41, 5.74) is -1.17. The summed E-state index contributed by atoms with van der Waals surface area (Å²) in [5, 5.41) is 30.9. The van der Waals surface area contributed by atoms with Gasteiger partial charge in [-0.15, -0.1) is 0 Å². The number of carbonyl (C=O) groups excluding carboxylic acids is 2. The molecule has 4 rings (SSSR count). The second-order valence-corrected chi connectivity index (χ2v) is 8.41.